The number of likely N-dealkylation sites (tertiary alicyclic amines) is 2. The van der Waals surface area contributed by atoms with Crippen LogP contribution in [0.25, 0.3) is 0 Å². The van der Waals surface area contributed by atoms with Crippen molar-refractivity contribution in [1.29, 1.82) is 0 Å². The van der Waals surface area contributed by atoms with Gasteiger partial charge in [-0.25, -0.2) is 0 Å². The zero-order valence-electron chi connectivity index (χ0n) is 15.6. The number of carbonyl (C=O) groups excluding carboxylic acids is 1. The summed E-state index contributed by atoms with van der Waals surface area (Å²) < 4.78 is 0. The largest absolute Gasteiger partial charge is 0.336 e. The van der Waals surface area contributed by atoms with Crippen molar-refractivity contribution < 1.29 is 4.79 Å². The van der Waals surface area contributed by atoms with Gasteiger partial charge >= 0.3 is 0 Å². The molecule has 0 unspecified atom stereocenters. The SMILES string of the molecule is CC(C)SCCN1CCC[C@]2(CCC(=O)N(Cc3ccccn3)C2)C1. The summed E-state index contributed by atoms with van der Waals surface area (Å²) in [4.78, 5) is 21.5. The third kappa shape index (κ3) is 5.20. The number of hydrogen-bond acceptors (Lipinski definition) is 4. The van der Waals surface area contributed by atoms with Gasteiger partial charge in [0.25, 0.3) is 0 Å². The van der Waals surface area contributed by atoms with Gasteiger partial charge in [0, 0.05) is 43.4 Å². The Hall–Kier alpha value is -1.07. The summed E-state index contributed by atoms with van der Waals surface area (Å²) in [5.74, 6) is 1.51. The lowest BCUT2D eigenvalue weighted by molar-refractivity contribution is -0.140. The Labute approximate surface area is 156 Å². The van der Waals surface area contributed by atoms with Crippen LogP contribution < -0.4 is 0 Å². The molecule has 1 spiro atoms. The van der Waals surface area contributed by atoms with Crippen molar-refractivity contribution in [3.63, 3.8) is 0 Å². The fourth-order valence-electron chi connectivity index (χ4n) is 4.19. The van der Waals surface area contributed by atoms with Gasteiger partial charge in [-0.3, -0.25) is 9.78 Å². The first kappa shape index (κ1) is 18.7. The molecule has 0 N–H and O–H groups in total. The molecule has 0 aliphatic carbocycles. The molecular formula is C20H31N3OS. The molecule has 2 aliphatic rings. The highest BCUT2D eigenvalue weighted by Gasteiger charge is 2.41. The summed E-state index contributed by atoms with van der Waals surface area (Å²) in [5.41, 5.74) is 1.29. The van der Waals surface area contributed by atoms with Crippen LogP contribution in [0.2, 0.25) is 0 Å². The number of nitrogens with zero attached hydrogens (tertiary/aromatic N) is 3. The van der Waals surface area contributed by atoms with Gasteiger partial charge in [-0.2, -0.15) is 11.8 Å². The molecule has 0 radical (unpaired) electrons. The van der Waals surface area contributed by atoms with Crippen LogP contribution in [0.3, 0.4) is 0 Å². The molecule has 2 fully saturated rings. The topological polar surface area (TPSA) is 36.4 Å². The fraction of sp³-hybridized carbons (Fsp3) is 0.700. The predicted molar refractivity (Wildman–Crippen MR) is 105 cm³/mol. The van der Waals surface area contributed by atoms with Crippen LogP contribution >= 0.6 is 11.8 Å². The first-order valence-corrected chi connectivity index (χ1v) is 10.6. The molecule has 1 aromatic heterocycles. The number of piperidine rings is 2. The molecule has 5 heteroatoms. The van der Waals surface area contributed by atoms with Crippen LogP contribution in [-0.2, 0) is 11.3 Å². The van der Waals surface area contributed by atoms with E-state index >= 15 is 0 Å². The van der Waals surface area contributed by atoms with Gasteiger partial charge in [-0.15, -0.1) is 0 Å². The van der Waals surface area contributed by atoms with E-state index in [4.69, 9.17) is 0 Å². The first-order valence-electron chi connectivity index (χ1n) is 9.58. The Bertz CT molecular complexity index is 565. The minimum absolute atomic E-state index is 0.295. The molecule has 3 rings (SSSR count). The summed E-state index contributed by atoms with van der Waals surface area (Å²) >= 11 is 2.05. The monoisotopic (exact) mass is 361 g/mol. The van der Waals surface area contributed by atoms with E-state index in [1.807, 2.05) is 36.2 Å². The van der Waals surface area contributed by atoms with Crippen LogP contribution in [0.15, 0.2) is 24.4 Å². The molecule has 25 heavy (non-hydrogen) atoms. The Morgan fingerprint density at radius 2 is 2.16 bits per heavy atom. The lowest BCUT2D eigenvalue weighted by Crippen LogP contribution is -2.54. The molecule has 2 aliphatic heterocycles. The molecule has 1 amide bonds. The zero-order chi connectivity index (χ0) is 17.7. The number of amides is 1. The molecular weight excluding hydrogens is 330 g/mol. The maximum atomic E-state index is 12.4. The third-order valence-electron chi connectivity index (χ3n) is 5.43. The van der Waals surface area contributed by atoms with Gasteiger partial charge in [0.05, 0.1) is 12.2 Å². The summed E-state index contributed by atoms with van der Waals surface area (Å²) in [6.45, 7) is 9.64. The summed E-state index contributed by atoms with van der Waals surface area (Å²) in [5, 5.41) is 0.708. The number of rotatable bonds is 6. The van der Waals surface area contributed by atoms with Crippen molar-refractivity contribution in [2.45, 2.75) is 51.3 Å². The van der Waals surface area contributed by atoms with E-state index in [2.05, 4.69) is 28.6 Å². The highest BCUT2D eigenvalue weighted by molar-refractivity contribution is 7.99. The molecule has 1 aromatic rings. The average Bonchev–Trinajstić information content (AvgIpc) is 2.59. The van der Waals surface area contributed by atoms with Gasteiger partial charge in [0.2, 0.25) is 5.91 Å². The van der Waals surface area contributed by atoms with E-state index in [-0.39, 0.29) is 0 Å². The highest BCUT2D eigenvalue weighted by atomic mass is 32.2. The number of carbonyl (C=O) groups is 1. The van der Waals surface area contributed by atoms with Crippen LogP contribution in [0.4, 0.5) is 0 Å². The second-order valence-electron chi connectivity index (χ2n) is 7.87. The molecule has 3 heterocycles. The van der Waals surface area contributed by atoms with Crippen LogP contribution in [-0.4, -0.2) is 57.9 Å². The van der Waals surface area contributed by atoms with E-state index in [0.717, 1.165) is 25.2 Å². The molecule has 0 aromatic carbocycles. The molecule has 0 bridgehead atoms. The van der Waals surface area contributed by atoms with E-state index in [1.54, 1.807) is 0 Å². The van der Waals surface area contributed by atoms with E-state index in [0.29, 0.717) is 29.5 Å². The minimum Gasteiger partial charge on any atom is -0.336 e. The van der Waals surface area contributed by atoms with Crippen molar-refractivity contribution in [2.24, 2.45) is 5.41 Å². The normalized spacial score (nSPS) is 25.1. The standard InChI is InChI=1S/C20H31N3OS/c1-17(2)25-13-12-22-11-5-8-20(15-22)9-7-19(24)23(16-20)14-18-6-3-4-10-21-18/h3-4,6,10,17H,5,7-9,11-16H2,1-2H3/t20-/m0/s1. The Morgan fingerprint density at radius 1 is 1.28 bits per heavy atom. The third-order valence-corrected chi connectivity index (χ3v) is 6.51. The highest BCUT2D eigenvalue weighted by Crippen LogP contribution is 2.39. The second kappa shape index (κ2) is 8.54. The van der Waals surface area contributed by atoms with Crippen molar-refractivity contribution in [3.05, 3.63) is 30.1 Å². The van der Waals surface area contributed by atoms with Gasteiger partial charge in [0.1, 0.15) is 0 Å². The van der Waals surface area contributed by atoms with Gasteiger partial charge in [-0.1, -0.05) is 19.9 Å². The van der Waals surface area contributed by atoms with Crippen molar-refractivity contribution in [1.82, 2.24) is 14.8 Å². The van der Waals surface area contributed by atoms with Crippen molar-refractivity contribution in [3.8, 4) is 0 Å². The maximum Gasteiger partial charge on any atom is 0.222 e. The summed E-state index contributed by atoms with van der Waals surface area (Å²) in [6, 6.07) is 5.95. The lowest BCUT2D eigenvalue weighted by atomic mass is 9.73. The van der Waals surface area contributed by atoms with Crippen LogP contribution in [0.5, 0.6) is 0 Å². The Morgan fingerprint density at radius 3 is 2.92 bits per heavy atom. The Kier molecular flexibility index (Phi) is 6.39. The molecule has 1 atom stereocenters. The summed E-state index contributed by atoms with van der Waals surface area (Å²) in [7, 11) is 0. The van der Waals surface area contributed by atoms with Crippen LogP contribution in [0, 0.1) is 5.41 Å². The van der Waals surface area contributed by atoms with Gasteiger partial charge in [0.15, 0.2) is 0 Å². The first-order chi connectivity index (χ1) is 12.1. The fourth-order valence-corrected chi connectivity index (χ4v) is 5.02. The average molecular weight is 362 g/mol. The predicted octanol–water partition coefficient (Wildman–Crippen LogP) is 3.43. The van der Waals surface area contributed by atoms with Crippen molar-refractivity contribution in [2.75, 3.05) is 31.9 Å². The summed E-state index contributed by atoms with van der Waals surface area (Å²) in [6.07, 6.45) is 6.08. The second-order valence-corrected chi connectivity index (χ2v) is 9.55. The van der Waals surface area contributed by atoms with Gasteiger partial charge in [-0.05, 0) is 43.2 Å². The van der Waals surface area contributed by atoms with E-state index < -0.39 is 0 Å². The van der Waals surface area contributed by atoms with Crippen molar-refractivity contribution >= 4 is 17.7 Å². The quantitative estimate of drug-likeness (QED) is 0.778. The van der Waals surface area contributed by atoms with E-state index in [1.165, 1.54) is 31.7 Å². The number of thioether (sulfide) groups is 1. The van der Waals surface area contributed by atoms with Crippen LogP contribution in [0.1, 0.15) is 45.2 Å². The molecule has 0 saturated carbocycles. The smallest absolute Gasteiger partial charge is 0.222 e. The van der Waals surface area contributed by atoms with Gasteiger partial charge < -0.3 is 9.80 Å². The van der Waals surface area contributed by atoms with E-state index in [9.17, 15) is 4.79 Å². The Balaban J connectivity index is 1.59. The number of pyridine rings is 1. The number of aromatic nitrogens is 1. The molecule has 4 nitrogen and oxygen atoms in total. The zero-order valence-corrected chi connectivity index (χ0v) is 16.4. The maximum absolute atomic E-state index is 12.4. The lowest BCUT2D eigenvalue weighted by Gasteiger charge is -2.48. The minimum atomic E-state index is 0.295. The number of hydrogen-bond donors (Lipinski definition) is 0. The molecule has 2 saturated heterocycles. The molecule has 138 valence electrons.